The Morgan fingerprint density at radius 2 is 2.00 bits per heavy atom. The number of hydrogen-bond donors (Lipinski definition) is 3. The molecule has 1 aliphatic carbocycles. The first kappa shape index (κ1) is 9.51. The van der Waals surface area contributed by atoms with Crippen molar-refractivity contribution in [1.29, 1.82) is 0 Å². The molecule has 0 bridgehead atoms. The summed E-state index contributed by atoms with van der Waals surface area (Å²) in [4.78, 5) is 11.1. The van der Waals surface area contributed by atoms with E-state index in [4.69, 9.17) is 5.11 Å². The van der Waals surface area contributed by atoms with Crippen molar-refractivity contribution in [2.24, 2.45) is 5.41 Å². The van der Waals surface area contributed by atoms with Crippen LogP contribution in [0.5, 0.6) is 0 Å². The van der Waals surface area contributed by atoms with Crippen LogP contribution >= 0.6 is 0 Å². The van der Waals surface area contributed by atoms with Gasteiger partial charge in [-0.1, -0.05) is 6.07 Å². The van der Waals surface area contributed by atoms with Crippen LogP contribution in [0, 0.1) is 5.41 Å². The van der Waals surface area contributed by atoms with Crippen molar-refractivity contribution in [2.75, 3.05) is 23.7 Å². The number of carboxylic acids is 1. The fraction of sp³-hybridized carbons (Fsp3) is 0.417. The average molecular weight is 218 g/mol. The lowest BCUT2D eigenvalue weighted by Crippen LogP contribution is -2.20. The zero-order chi connectivity index (χ0) is 11.2. The number of rotatable bonds is 1. The van der Waals surface area contributed by atoms with Crippen LogP contribution in [0.25, 0.3) is 0 Å². The molecule has 0 unspecified atom stereocenters. The summed E-state index contributed by atoms with van der Waals surface area (Å²) in [5.41, 5.74) is 2.35. The van der Waals surface area contributed by atoms with Gasteiger partial charge in [-0.3, -0.25) is 0 Å². The summed E-state index contributed by atoms with van der Waals surface area (Å²) in [5.74, 6) is -0.877. The molecule has 16 heavy (non-hydrogen) atoms. The monoisotopic (exact) mass is 218 g/mol. The molecule has 4 nitrogen and oxygen atoms in total. The number of benzene rings is 1. The quantitative estimate of drug-likeness (QED) is 0.674. The van der Waals surface area contributed by atoms with Crippen LogP contribution in [0.1, 0.15) is 23.2 Å². The minimum atomic E-state index is -0.877. The Hall–Kier alpha value is -1.71. The molecule has 1 spiro atoms. The van der Waals surface area contributed by atoms with E-state index in [1.54, 1.807) is 12.1 Å². The third-order valence-electron chi connectivity index (χ3n) is 3.55. The van der Waals surface area contributed by atoms with Gasteiger partial charge in [0.1, 0.15) is 0 Å². The first-order valence-corrected chi connectivity index (χ1v) is 5.54. The van der Waals surface area contributed by atoms with Gasteiger partial charge in [0.2, 0.25) is 0 Å². The van der Waals surface area contributed by atoms with Crippen molar-refractivity contribution in [3.63, 3.8) is 0 Å². The molecule has 4 heteroatoms. The number of anilines is 2. The molecule has 84 valence electrons. The number of aromatic carboxylic acids is 1. The first-order chi connectivity index (χ1) is 7.70. The van der Waals surface area contributed by atoms with Gasteiger partial charge in [0.15, 0.2) is 0 Å². The summed E-state index contributed by atoms with van der Waals surface area (Å²) in [5, 5.41) is 15.7. The zero-order valence-electron chi connectivity index (χ0n) is 8.92. The van der Waals surface area contributed by atoms with E-state index < -0.39 is 5.97 Å². The van der Waals surface area contributed by atoms with E-state index in [-0.39, 0.29) is 0 Å². The van der Waals surface area contributed by atoms with E-state index >= 15 is 0 Å². The number of hydrogen-bond acceptors (Lipinski definition) is 3. The molecule has 0 atom stereocenters. The molecule has 0 amide bonds. The second-order valence-corrected chi connectivity index (χ2v) is 4.74. The first-order valence-electron chi connectivity index (χ1n) is 5.54. The fourth-order valence-corrected chi connectivity index (χ4v) is 2.22. The topological polar surface area (TPSA) is 61.4 Å². The maximum absolute atomic E-state index is 11.1. The van der Waals surface area contributed by atoms with E-state index in [2.05, 4.69) is 10.6 Å². The second-order valence-electron chi connectivity index (χ2n) is 4.74. The summed E-state index contributed by atoms with van der Waals surface area (Å²) >= 11 is 0. The predicted molar refractivity (Wildman–Crippen MR) is 62.0 cm³/mol. The lowest BCUT2D eigenvalue weighted by molar-refractivity contribution is 0.0698. The van der Waals surface area contributed by atoms with Gasteiger partial charge in [-0.2, -0.15) is 0 Å². The van der Waals surface area contributed by atoms with Gasteiger partial charge in [0, 0.05) is 18.5 Å². The van der Waals surface area contributed by atoms with Crippen molar-refractivity contribution in [3.05, 3.63) is 23.8 Å². The van der Waals surface area contributed by atoms with Gasteiger partial charge in [0.05, 0.1) is 16.9 Å². The maximum Gasteiger partial charge on any atom is 0.337 e. The highest BCUT2D eigenvalue weighted by atomic mass is 16.4. The lowest BCUT2D eigenvalue weighted by Gasteiger charge is -2.11. The standard InChI is InChI=1S/C12H14N2O2/c15-11(16)8-2-1-3-9-10(8)14-7-12(4-5-12)6-13-9/h1-3,13-14H,4-7H2,(H,15,16). The Bertz CT molecular complexity index is 452. The summed E-state index contributed by atoms with van der Waals surface area (Å²) < 4.78 is 0. The molecule has 0 radical (unpaired) electrons. The van der Waals surface area contributed by atoms with Crippen LogP contribution in [0.2, 0.25) is 0 Å². The Labute approximate surface area is 93.7 Å². The molecule has 3 rings (SSSR count). The van der Waals surface area contributed by atoms with Gasteiger partial charge < -0.3 is 15.7 Å². The zero-order valence-corrected chi connectivity index (χ0v) is 8.92. The normalized spacial score (nSPS) is 20.2. The second kappa shape index (κ2) is 3.14. The summed E-state index contributed by atoms with van der Waals surface area (Å²) in [6.45, 7) is 1.81. The SMILES string of the molecule is O=C(O)c1cccc2c1NCC1(CC1)CN2. The van der Waals surface area contributed by atoms with Crippen molar-refractivity contribution in [3.8, 4) is 0 Å². The van der Waals surface area contributed by atoms with Gasteiger partial charge in [-0.25, -0.2) is 4.79 Å². The van der Waals surface area contributed by atoms with Gasteiger partial charge >= 0.3 is 5.97 Å². The average Bonchev–Trinajstić information content (AvgIpc) is 3.06. The van der Waals surface area contributed by atoms with Crippen molar-refractivity contribution in [2.45, 2.75) is 12.8 Å². The minimum Gasteiger partial charge on any atom is -0.478 e. The number of carbonyl (C=O) groups is 1. The molecule has 1 heterocycles. The molecule has 2 aliphatic rings. The predicted octanol–water partition coefficient (Wildman–Crippen LogP) is 2.00. The lowest BCUT2D eigenvalue weighted by atomic mass is 10.1. The van der Waals surface area contributed by atoms with Crippen LogP contribution in [-0.4, -0.2) is 24.2 Å². The minimum absolute atomic E-state index is 0.350. The van der Waals surface area contributed by atoms with Crippen molar-refractivity contribution < 1.29 is 9.90 Å². The molecular formula is C12H14N2O2. The molecule has 0 aromatic heterocycles. The number of carboxylic acid groups (broad SMARTS) is 1. The molecule has 1 aromatic carbocycles. The summed E-state index contributed by atoms with van der Waals surface area (Å²) in [6.07, 6.45) is 2.45. The number of para-hydroxylation sites is 1. The Morgan fingerprint density at radius 3 is 2.69 bits per heavy atom. The number of fused-ring (bicyclic) bond motifs is 1. The van der Waals surface area contributed by atoms with Crippen LogP contribution in [0.4, 0.5) is 11.4 Å². The Kier molecular flexibility index (Phi) is 1.87. The fourth-order valence-electron chi connectivity index (χ4n) is 2.22. The Morgan fingerprint density at radius 1 is 1.25 bits per heavy atom. The van der Waals surface area contributed by atoms with Crippen LogP contribution in [0.15, 0.2) is 18.2 Å². The van der Waals surface area contributed by atoms with E-state index in [0.29, 0.717) is 11.0 Å². The van der Waals surface area contributed by atoms with Crippen LogP contribution in [-0.2, 0) is 0 Å². The maximum atomic E-state index is 11.1. The Balaban J connectivity index is 2.00. The van der Waals surface area contributed by atoms with Crippen molar-refractivity contribution >= 4 is 17.3 Å². The van der Waals surface area contributed by atoms with Gasteiger partial charge in [0.25, 0.3) is 0 Å². The van der Waals surface area contributed by atoms with Crippen LogP contribution in [0.3, 0.4) is 0 Å². The van der Waals surface area contributed by atoms with E-state index in [1.165, 1.54) is 12.8 Å². The van der Waals surface area contributed by atoms with E-state index in [9.17, 15) is 4.79 Å². The molecule has 1 saturated carbocycles. The highest BCUT2D eigenvalue weighted by Crippen LogP contribution is 2.48. The van der Waals surface area contributed by atoms with Gasteiger partial charge in [-0.15, -0.1) is 0 Å². The molecule has 1 aromatic rings. The van der Waals surface area contributed by atoms with E-state index in [1.807, 2.05) is 6.07 Å². The smallest absolute Gasteiger partial charge is 0.337 e. The molecule has 1 fully saturated rings. The molecule has 0 saturated heterocycles. The highest BCUT2D eigenvalue weighted by Gasteiger charge is 2.43. The number of nitrogens with one attached hydrogen (secondary N) is 2. The largest absolute Gasteiger partial charge is 0.478 e. The summed E-state index contributed by atoms with van der Waals surface area (Å²) in [6, 6.07) is 5.35. The van der Waals surface area contributed by atoms with Gasteiger partial charge in [-0.05, 0) is 25.0 Å². The third kappa shape index (κ3) is 1.41. The third-order valence-corrected chi connectivity index (χ3v) is 3.55. The molecule has 3 N–H and O–H groups in total. The van der Waals surface area contributed by atoms with E-state index in [0.717, 1.165) is 24.5 Å². The summed E-state index contributed by atoms with van der Waals surface area (Å²) in [7, 11) is 0. The molecular weight excluding hydrogens is 204 g/mol. The van der Waals surface area contributed by atoms with Crippen molar-refractivity contribution in [1.82, 2.24) is 0 Å². The van der Waals surface area contributed by atoms with Crippen LogP contribution < -0.4 is 10.6 Å². The molecule has 1 aliphatic heterocycles. The highest BCUT2D eigenvalue weighted by molar-refractivity contribution is 5.98.